The van der Waals surface area contributed by atoms with E-state index >= 15 is 0 Å². The Labute approximate surface area is 147 Å². The number of aromatic amines is 1. The average molecular weight is 396 g/mol. The van der Waals surface area contributed by atoms with Crippen molar-refractivity contribution in [2.24, 2.45) is 0 Å². The van der Waals surface area contributed by atoms with E-state index in [-0.39, 0.29) is 0 Å². The molecule has 0 radical (unpaired) electrons. The lowest BCUT2D eigenvalue weighted by Gasteiger charge is -2.01. The molecular weight excluding hydrogens is 383 g/mol. The molecule has 0 unspecified atom stereocenters. The van der Waals surface area contributed by atoms with Gasteiger partial charge in [-0.1, -0.05) is 57.3 Å². The zero-order valence-corrected chi connectivity index (χ0v) is 14.9. The van der Waals surface area contributed by atoms with Crippen LogP contribution in [0, 0.1) is 6.92 Å². The molecule has 0 spiro atoms. The van der Waals surface area contributed by atoms with Crippen LogP contribution in [0.1, 0.15) is 17.1 Å². The lowest BCUT2D eigenvalue weighted by Crippen LogP contribution is -1.90. The molecule has 0 saturated heterocycles. The largest absolute Gasteiger partial charge is 0.345 e. The van der Waals surface area contributed by atoms with E-state index in [1.54, 1.807) is 6.07 Å². The Balaban J connectivity index is 1.92. The molecule has 0 aliphatic heterocycles. The molecule has 1 heterocycles. The highest BCUT2D eigenvalue weighted by Gasteiger charge is 2.11. The summed E-state index contributed by atoms with van der Waals surface area (Å²) < 4.78 is 1.07. The summed E-state index contributed by atoms with van der Waals surface area (Å²) in [5.74, 6) is 0.927. The first-order valence-corrected chi connectivity index (χ1v) is 8.33. The van der Waals surface area contributed by atoms with Gasteiger partial charge in [-0.15, -0.1) is 0 Å². The highest BCUT2D eigenvalue weighted by Crippen LogP contribution is 2.29. The molecule has 1 N–H and O–H groups in total. The van der Waals surface area contributed by atoms with Gasteiger partial charge in [-0.05, 0) is 36.8 Å². The third kappa shape index (κ3) is 3.37. The number of benzene rings is 2. The van der Waals surface area contributed by atoms with Crippen molar-refractivity contribution in [2.45, 2.75) is 13.3 Å². The maximum atomic E-state index is 6.09. The van der Waals surface area contributed by atoms with E-state index in [2.05, 4.69) is 33.0 Å². The summed E-state index contributed by atoms with van der Waals surface area (Å²) in [5.41, 5.74) is 4.08. The minimum absolute atomic E-state index is 0.537. The molecule has 0 bridgehead atoms. The maximum Gasteiger partial charge on any atom is 0.111 e. The number of rotatable bonds is 3. The summed E-state index contributed by atoms with van der Waals surface area (Å²) in [5, 5.41) is 1.09. The number of nitrogens with zero attached hydrogens (tertiary/aromatic N) is 1. The Morgan fingerprint density at radius 2 is 1.91 bits per heavy atom. The number of H-pyrrole nitrogens is 1. The lowest BCUT2D eigenvalue weighted by molar-refractivity contribution is 1.02. The first kappa shape index (κ1) is 15.6. The van der Waals surface area contributed by atoms with Crippen molar-refractivity contribution in [1.29, 1.82) is 0 Å². The predicted octanol–water partition coefficient (Wildman–Crippen LogP) is 6.05. The number of aryl methyl sites for hydroxylation is 1. The van der Waals surface area contributed by atoms with Crippen LogP contribution >= 0.6 is 39.1 Å². The van der Waals surface area contributed by atoms with Crippen LogP contribution in [0.15, 0.2) is 46.9 Å². The first-order chi connectivity index (χ1) is 10.5. The van der Waals surface area contributed by atoms with E-state index < -0.39 is 0 Å². The van der Waals surface area contributed by atoms with Crippen LogP contribution in [0.25, 0.3) is 11.3 Å². The lowest BCUT2D eigenvalue weighted by atomic mass is 10.1. The van der Waals surface area contributed by atoms with Crippen LogP contribution in [0.2, 0.25) is 10.0 Å². The third-order valence-corrected chi connectivity index (χ3v) is 4.62. The van der Waals surface area contributed by atoms with Gasteiger partial charge in [0.25, 0.3) is 0 Å². The van der Waals surface area contributed by atoms with Crippen molar-refractivity contribution in [3.63, 3.8) is 0 Å². The molecule has 5 heteroatoms. The molecule has 0 amide bonds. The Bertz CT molecular complexity index is 827. The van der Waals surface area contributed by atoms with Crippen molar-refractivity contribution in [3.05, 3.63) is 74.1 Å². The summed E-state index contributed by atoms with van der Waals surface area (Å²) in [6.07, 6.45) is 0.752. The summed E-state index contributed by atoms with van der Waals surface area (Å²) in [7, 11) is 0. The average Bonchev–Trinajstić information content (AvgIpc) is 2.82. The van der Waals surface area contributed by atoms with Gasteiger partial charge in [-0.2, -0.15) is 0 Å². The normalized spacial score (nSPS) is 10.9. The number of hydrogen-bond acceptors (Lipinski definition) is 1. The molecule has 3 aromatic rings. The maximum absolute atomic E-state index is 6.09. The highest BCUT2D eigenvalue weighted by molar-refractivity contribution is 9.10. The summed E-state index contributed by atoms with van der Waals surface area (Å²) >= 11 is 15.6. The molecular formula is C17H13BrCl2N2. The van der Waals surface area contributed by atoms with Crippen molar-refractivity contribution >= 4 is 39.1 Å². The number of nitrogens with one attached hydrogen (secondary N) is 1. The monoisotopic (exact) mass is 394 g/mol. The molecule has 2 nitrogen and oxygen atoms in total. The quantitative estimate of drug-likeness (QED) is 0.574. The van der Waals surface area contributed by atoms with E-state index in [1.807, 2.05) is 31.2 Å². The number of imidazole rings is 1. The second-order valence-corrected chi connectivity index (χ2v) is 6.82. The predicted molar refractivity (Wildman–Crippen MR) is 95.7 cm³/mol. The summed E-state index contributed by atoms with van der Waals surface area (Å²) in [6.45, 7) is 2.01. The van der Waals surface area contributed by atoms with Crippen molar-refractivity contribution < 1.29 is 0 Å². The molecule has 2 aromatic carbocycles. The van der Waals surface area contributed by atoms with Crippen LogP contribution < -0.4 is 0 Å². The van der Waals surface area contributed by atoms with Gasteiger partial charge < -0.3 is 4.98 Å². The van der Waals surface area contributed by atoms with Crippen LogP contribution in [-0.2, 0) is 6.42 Å². The van der Waals surface area contributed by atoms with E-state index in [9.17, 15) is 0 Å². The van der Waals surface area contributed by atoms with Crippen LogP contribution in [0.4, 0.5) is 0 Å². The highest BCUT2D eigenvalue weighted by atomic mass is 79.9. The van der Waals surface area contributed by atoms with E-state index in [0.29, 0.717) is 10.0 Å². The number of aromatic nitrogens is 2. The molecule has 22 heavy (non-hydrogen) atoms. The van der Waals surface area contributed by atoms with E-state index in [0.717, 1.165) is 33.7 Å². The Hall–Kier alpha value is -1.29. The fourth-order valence-corrected chi connectivity index (χ4v) is 3.12. The molecule has 3 rings (SSSR count). The molecule has 0 saturated carbocycles. The van der Waals surface area contributed by atoms with Crippen LogP contribution in [0.5, 0.6) is 0 Å². The standard InChI is InChI=1S/C17H13BrCl2N2/c1-10-17(12-5-6-14(19)15(20)9-12)22-16(21-10)8-11-3-2-4-13(18)7-11/h2-7,9H,8H2,1H3,(H,21,22). The Kier molecular flexibility index (Phi) is 4.57. The first-order valence-electron chi connectivity index (χ1n) is 6.78. The molecule has 0 aliphatic carbocycles. The third-order valence-electron chi connectivity index (χ3n) is 3.39. The second kappa shape index (κ2) is 6.45. The van der Waals surface area contributed by atoms with Gasteiger partial charge in [-0.25, -0.2) is 4.98 Å². The van der Waals surface area contributed by atoms with Gasteiger partial charge in [0.05, 0.1) is 15.7 Å². The number of halogens is 3. The van der Waals surface area contributed by atoms with Crippen molar-refractivity contribution in [1.82, 2.24) is 9.97 Å². The molecule has 1 aromatic heterocycles. The van der Waals surface area contributed by atoms with E-state index in [1.165, 1.54) is 5.56 Å². The minimum atomic E-state index is 0.537. The number of hydrogen-bond donors (Lipinski definition) is 1. The molecule has 0 atom stereocenters. The SMILES string of the molecule is Cc1[nH]c(Cc2cccc(Br)c2)nc1-c1ccc(Cl)c(Cl)c1. The van der Waals surface area contributed by atoms with Gasteiger partial charge in [0.2, 0.25) is 0 Å². The minimum Gasteiger partial charge on any atom is -0.345 e. The molecule has 0 aliphatic rings. The topological polar surface area (TPSA) is 28.7 Å². The van der Waals surface area contributed by atoms with Gasteiger partial charge in [0.15, 0.2) is 0 Å². The van der Waals surface area contributed by atoms with Gasteiger partial charge in [0, 0.05) is 22.2 Å². The zero-order chi connectivity index (χ0) is 15.7. The van der Waals surface area contributed by atoms with Crippen molar-refractivity contribution in [3.8, 4) is 11.3 Å². The second-order valence-electron chi connectivity index (χ2n) is 5.09. The fraction of sp³-hybridized carbons (Fsp3) is 0.118. The fourth-order valence-electron chi connectivity index (χ4n) is 2.37. The van der Waals surface area contributed by atoms with Gasteiger partial charge in [0.1, 0.15) is 5.82 Å². The zero-order valence-electron chi connectivity index (χ0n) is 11.8. The smallest absolute Gasteiger partial charge is 0.111 e. The molecule has 112 valence electrons. The Morgan fingerprint density at radius 3 is 2.64 bits per heavy atom. The summed E-state index contributed by atoms with van der Waals surface area (Å²) in [6, 6.07) is 13.8. The van der Waals surface area contributed by atoms with Gasteiger partial charge in [-0.3, -0.25) is 0 Å². The van der Waals surface area contributed by atoms with Crippen molar-refractivity contribution in [2.75, 3.05) is 0 Å². The van der Waals surface area contributed by atoms with Crippen LogP contribution in [0.3, 0.4) is 0 Å². The van der Waals surface area contributed by atoms with E-state index in [4.69, 9.17) is 28.2 Å². The molecule has 0 fully saturated rings. The Morgan fingerprint density at radius 1 is 1.09 bits per heavy atom. The van der Waals surface area contributed by atoms with Gasteiger partial charge >= 0.3 is 0 Å². The van der Waals surface area contributed by atoms with Crippen LogP contribution in [-0.4, -0.2) is 9.97 Å². The summed E-state index contributed by atoms with van der Waals surface area (Å²) in [4.78, 5) is 8.05.